The molecular formula is C25H33ClN2O3. The summed E-state index contributed by atoms with van der Waals surface area (Å²) in [5.41, 5.74) is 1.99. The van der Waals surface area contributed by atoms with Gasteiger partial charge in [0.05, 0.1) is 6.61 Å². The highest BCUT2D eigenvalue weighted by Crippen LogP contribution is 2.20. The van der Waals surface area contributed by atoms with Crippen molar-refractivity contribution < 1.29 is 14.3 Å². The first-order chi connectivity index (χ1) is 14.8. The first-order valence-electron chi connectivity index (χ1n) is 10.8. The number of hydrogen-bond donors (Lipinski definition) is 1. The van der Waals surface area contributed by atoms with Gasteiger partial charge < -0.3 is 15.0 Å². The van der Waals surface area contributed by atoms with Crippen LogP contribution in [-0.2, 0) is 16.1 Å². The highest BCUT2D eigenvalue weighted by molar-refractivity contribution is 6.31. The van der Waals surface area contributed by atoms with Crippen LogP contribution in [0.1, 0.15) is 51.2 Å². The molecule has 0 aromatic heterocycles. The summed E-state index contributed by atoms with van der Waals surface area (Å²) in [6.07, 6.45) is 1.68. The third-order valence-corrected chi connectivity index (χ3v) is 5.66. The molecule has 168 valence electrons. The topological polar surface area (TPSA) is 58.6 Å². The molecule has 0 spiro atoms. The highest BCUT2D eigenvalue weighted by atomic mass is 35.5. The minimum atomic E-state index is -0.601. The van der Waals surface area contributed by atoms with Crippen LogP contribution < -0.4 is 10.1 Å². The normalized spacial score (nSPS) is 12.7. The summed E-state index contributed by atoms with van der Waals surface area (Å²) in [5, 5.41) is 3.55. The van der Waals surface area contributed by atoms with E-state index < -0.39 is 6.04 Å². The van der Waals surface area contributed by atoms with Crippen molar-refractivity contribution in [1.29, 1.82) is 0 Å². The number of aryl methyl sites for hydroxylation is 1. The van der Waals surface area contributed by atoms with E-state index in [4.69, 9.17) is 16.3 Å². The van der Waals surface area contributed by atoms with Gasteiger partial charge in [-0.3, -0.25) is 9.59 Å². The molecule has 2 atom stereocenters. The molecule has 2 aromatic rings. The zero-order chi connectivity index (χ0) is 22.8. The first kappa shape index (κ1) is 24.7. The molecule has 2 aromatic carbocycles. The SMILES string of the molecule is CC[C@@H](C)NC(=O)[C@@H](C)N(Cc1ccccc1Cl)C(=O)CCCOc1ccc(C)cc1. The highest BCUT2D eigenvalue weighted by Gasteiger charge is 2.27. The maximum atomic E-state index is 13.1. The zero-order valence-electron chi connectivity index (χ0n) is 18.9. The van der Waals surface area contributed by atoms with Crippen LogP contribution in [0.25, 0.3) is 0 Å². The minimum absolute atomic E-state index is 0.0510. The number of carbonyl (C=O) groups is 2. The molecule has 0 unspecified atom stereocenters. The average molecular weight is 445 g/mol. The molecule has 1 N–H and O–H groups in total. The Morgan fingerprint density at radius 1 is 1.10 bits per heavy atom. The number of amides is 2. The van der Waals surface area contributed by atoms with E-state index in [-0.39, 0.29) is 30.8 Å². The molecule has 0 saturated carbocycles. The lowest BCUT2D eigenvalue weighted by atomic mass is 10.1. The largest absolute Gasteiger partial charge is 0.494 e. The lowest BCUT2D eigenvalue weighted by Gasteiger charge is -2.30. The van der Waals surface area contributed by atoms with Gasteiger partial charge in [0.2, 0.25) is 11.8 Å². The van der Waals surface area contributed by atoms with E-state index in [1.807, 2.05) is 63.2 Å². The second-order valence-corrected chi connectivity index (χ2v) is 8.28. The monoisotopic (exact) mass is 444 g/mol. The number of nitrogens with one attached hydrogen (secondary N) is 1. The molecule has 0 heterocycles. The molecule has 5 nitrogen and oxygen atoms in total. The van der Waals surface area contributed by atoms with Crippen LogP contribution in [0.2, 0.25) is 5.02 Å². The van der Waals surface area contributed by atoms with Crippen molar-refractivity contribution in [3.8, 4) is 5.75 Å². The molecular weight excluding hydrogens is 412 g/mol. The van der Waals surface area contributed by atoms with E-state index in [2.05, 4.69) is 5.32 Å². The Bertz CT molecular complexity index is 854. The Hall–Kier alpha value is -2.53. The molecule has 0 aliphatic rings. The van der Waals surface area contributed by atoms with E-state index in [9.17, 15) is 9.59 Å². The summed E-state index contributed by atoms with van der Waals surface area (Å²) in [5.74, 6) is 0.525. The number of rotatable bonds is 11. The fraction of sp³-hybridized carbons (Fsp3) is 0.440. The van der Waals surface area contributed by atoms with Gasteiger partial charge in [-0.05, 0) is 57.4 Å². The van der Waals surface area contributed by atoms with Gasteiger partial charge in [0.1, 0.15) is 11.8 Å². The molecule has 0 fully saturated rings. The summed E-state index contributed by atoms with van der Waals surface area (Å²) < 4.78 is 5.73. The lowest BCUT2D eigenvalue weighted by molar-refractivity contribution is -0.141. The Kier molecular flexibility index (Phi) is 9.86. The number of ether oxygens (including phenoxy) is 1. The summed E-state index contributed by atoms with van der Waals surface area (Å²) in [6, 6.07) is 14.7. The molecule has 0 saturated heterocycles. The van der Waals surface area contributed by atoms with Gasteiger partial charge >= 0.3 is 0 Å². The van der Waals surface area contributed by atoms with Crippen molar-refractivity contribution in [2.24, 2.45) is 0 Å². The molecule has 0 aliphatic heterocycles. The predicted octanol–water partition coefficient (Wildman–Crippen LogP) is 5.14. The molecule has 6 heteroatoms. The van der Waals surface area contributed by atoms with Crippen LogP contribution in [0.3, 0.4) is 0 Å². The number of benzene rings is 2. The summed E-state index contributed by atoms with van der Waals surface area (Å²) >= 11 is 6.31. The fourth-order valence-electron chi connectivity index (χ4n) is 3.05. The van der Waals surface area contributed by atoms with E-state index in [1.165, 1.54) is 5.56 Å². The second kappa shape index (κ2) is 12.4. The Balaban J connectivity index is 2.01. The van der Waals surface area contributed by atoms with Gasteiger partial charge in [-0.25, -0.2) is 0 Å². The van der Waals surface area contributed by atoms with Crippen LogP contribution in [0.5, 0.6) is 5.75 Å². The van der Waals surface area contributed by atoms with Crippen molar-refractivity contribution in [1.82, 2.24) is 10.2 Å². The maximum absolute atomic E-state index is 13.1. The minimum Gasteiger partial charge on any atom is -0.494 e. The zero-order valence-corrected chi connectivity index (χ0v) is 19.6. The summed E-state index contributed by atoms with van der Waals surface area (Å²) in [4.78, 5) is 27.4. The van der Waals surface area contributed by atoms with Crippen LogP contribution in [0.15, 0.2) is 48.5 Å². The lowest BCUT2D eigenvalue weighted by Crippen LogP contribution is -2.49. The van der Waals surface area contributed by atoms with Crippen molar-refractivity contribution in [3.63, 3.8) is 0 Å². The molecule has 0 radical (unpaired) electrons. The van der Waals surface area contributed by atoms with Gasteiger partial charge in [0, 0.05) is 24.0 Å². The van der Waals surface area contributed by atoms with Gasteiger partial charge in [-0.1, -0.05) is 54.4 Å². The number of hydrogen-bond acceptors (Lipinski definition) is 3. The molecule has 2 amide bonds. The maximum Gasteiger partial charge on any atom is 0.242 e. The quantitative estimate of drug-likeness (QED) is 0.488. The number of halogens is 1. The standard InChI is InChI=1S/C25H33ClN2O3/c1-5-19(3)27-25(30)20(4)28(17-21-9-6-7-10-23(21)26)24(29)11-8-16-31-22-14-12-18(2)13-15-22/h6-7,9-10,12-15,19-20H,5,8,11,16-17H2,1-4H3,(H,27,30)/t19-,20-/m1/s1. The van der Waals surface area contributed by atoms with Gasteiger partial charge in [0.25, 0.3) is 0 Å². The van der Waals surface area contributed by atoms with E-state index in [1.54, 1.807) is 17.9 Å². The molecule has 0 aliphatic carbocycles. The molecule has 31 heavy (non-hydrogen) atoms. The van der Waals surface area contributed by atoms with Gasteiger partial charge in [-0.15, -0.1) is 0 Å². The Labute approximate surface area is 190 Å². The third kappa shape index (κ3) is 7.91. The smallest absolute Gasteiger partial charge is 0.242 e. The van der Waals surface area contributed by atoms with Crippen LogP contribution >= 0.6 is 11.6 Å². The Morgan fingerprint density at radius 2 is 1.77 bits per heavy atom. The van der Waals surface area contributed by atoms with Crippen molar-refractivity contribution in [2.75, 3.05) is 6.61 Å². The van der Waals surface area contributed by atoms with Crippen LogP contribution in [-0.4, -0.2) is 35.4 Å². The average Bonchev–Trinajstić information content (AvgIpc) is 2.76. The second-order valence-electron chi connectivity index (χ2n) is 7.87. The predicted molar refractivity (Wildman–Crippen MR) is 125 cm³/mol. The number of nitrogens with zero attached hydrogens (tertiary/aromatic N) is 1. The van der Waals surface area contributed by atoms with E-state index in [0.29, 0.717) is 18.1 Å². The van der Waals surface area contributed by atoms with Gasteiger partial charge in [-0.2, -0.15) is 0 Å². The number of carbonyl (C=O) groups excluding carboxylic acids is 2. The van der Waals surface area contributed by atoms with Gasteiger partial charge in [0.15, 0.2) is 0 Å². The van der Waals surface area contributed by atoms with E-state index in [0.717, 1.165) is 17.7 Å². The molecule has 2 rings (SSSR count). The van der Waals surface area contributed by atoms with Crippen LogP contribution in [0, 0.1) is 6.92 Å². The van der Waals surface area contributed by atoms with Crippen molar-refractivity contribution in [2.45, 2.75) is 65.6 Å². The first-order valence-corrected chi connectivity index (χ1v) is 11.2. The summed E-state index contributed by atoms with van der Waals surface area (Å²) in [6.45, 7) is 8.46. The molecule has 0 bridgehead atoms. The summed E-state index contributed by atoms with van der Waals surface area (Å²) in [7, 11) is 0. The Morgan fingerprint density at radius 3 is 2.42 bits per heavy atom. The van der Waals surface area contributed by atoms with Crippen molar-refractivity contribution >= 4 is 23.4 Å². The van der Waals surface area contributed by atoms with Crippen LogP contribution in [0.4, 0.5) is 0 Å². The fourth-order valence-corrected chi connectivity index (χ4v) is 3.25. The van der Waals surface area contributed by atoms with Crippen molar-refractivity contribution in [3.05, 3.63) is 64.7 Å². The third-order valence-electron chi connectivity index (χ3n) is 5.29. The van der Waals surface area contributed by atoms with E-state index >= 15 is 0 Å².